The van der Waals surface area contributed by atoms with Gasteiger partial charge in [0.25, 0.3) is 0 Å². The topological polar surface area (TPSA) is 259 Å². The number of nitrogens with zero attached hydrogens (tertiary/aromatic N) is 3. The number of rotatable bonds is 33. The maximum atomic E-state index is 15.0. The number of azide groups is 1. The van der Waals surface area contributed by atoms with Gasteiger partial charge in [0.1, 0.15) is 54.9 Å². The van der Waals surface area contributed by atoms with Gasteiger partial charge < -0.3 is 76.2 Å². The van der Waals surface area contributed by atoms with Crippen LogP contribution in [0, 0.1) is 0 Å². The lowest BCUT2D eigenvalue weighted by molar-refractivity contribution is -0.385. The van der Waals surface area contributed by atoms with Crippen LogP contribution in [-0.2, 0) is 132 Å². The van der Waals surface area contributed by atoms with Gasteiger partial charge in [-0.15, -0.1) is 0 Å². The molecule has 0 aromatic heterocycles. The summed E-state index contributed by atoms with van der Waals surface area (Å²) in [6.07, 6.45) is -22.2. The summed E-state index contributed by atoms with van der Waals surface area (Å²) >= 11 is 0. The van der Waals surface area contributed by atoms with Gasteiger partial charge in [0.15, 0.2) is 37.2 Å². The van der Waals surface area contributed by atoms with Gasteiger partial charge >= 0.3 is 17.9 Å². The summed E-state index contributed by atoms with van der Waals surface area (Å²) in [4.78, 5) is 46.2. The number of hydrogen-bond donors (Lipinski definition) is 1. The van der Waals surface area contributed by atoms with Crippen LogP contribution in [0.25, 0.3) is 10.4 Å². The quantitative estimate of drug-likeness (QED) is 0.0132. The van der Waals surface area contributed by atoms with Crippen LogP contribution in [0.4, 0.5) is 0 Å². The minimum absolute atomic E-state index is 0.000804. The van der Waals surface area contributed by atoms with E-state index in [1.807, 2.05) is 212 Å². The minimum Gasteiger partial charge on any atom is -0.479 e. The molecule has 7 aromatic carbocycles. The molecule has 22 heteroatoms. The lowest BCUT2D eigenvalue weighted by Gasteiger charge is -2.50. The zero-order chi connectivity index (χ0) is 65.3. The molecule has 3 aliphatic heterocycles. The van der Waals surface area contributed by atoms with Crippen molar-refractivity contribution in [2.75, 3.05) is 27.4 Å². The number of carboxylic acids is 1. The van der Waals surface area contributed by atoms with Crippen LogP contribution in [0.1, 0.15) is 45.4 Å². The molecule has 10 rings (SSSR count). The van der Waals surface area contributed by atoms with Crippen LogP contribution < -0.4 is 0 Å². The third-order valence-corrected chi connectivity index (χ3v) is 15.9. The van der Waals surface area contributed by atoms with Crippen molar-refractivity contribution in [2.24, 2.45) is 5.11 Å². The standard InChI is InChI=1S/C72H77N3O19/c1-80-68(78)62-59(57(85-43-50-29-14-5-15-30-50)64(87-45-52-33-18-7-19-34-52)70(93-62)82-40-24-39-74-75-73)91-72-66(89-47-54-37-22-9-23-38-54)58(86-44-51-31-16-6-17-32-51)60(63(94-72)69(79)81-2)90-71-65(88-46-53-35-20-8-21-36-53)56(84-42-49-27-12-4-13-28-49)55(61(92-71)67(76)77)83-41-48-25-10-3-11-26-48/h3-23,25-38,55-66,70-72H,24,39-47H2,1-2H3,(H,76,77)/t55-,56-,57-,58-,59-,60-,61-,62-,63-,64-,65-,66-,70+,71+,72+/m0/s1. The van der Waals surface area contributed by atoms with Crippen molar-refractivity contribution in [3.05, 3.63) is 262 Å². The first-order valence-corrected chi connectivity index (χ1v) is 31.0. The number of benzene rings is 7. The van der Waals surface area contributed by atoms with E-state index in [2.05, 4.69) is 10.0 Å². The fourth-order valence-corrected chi connectivity index (χ4v) is 11.2. The van der Waals surface area contributed by atoms with E-state index in [9.17, 15) is 19.5 Å². The van der Waals surface area contributed by atoms with Crippen LogP contribution in [0.15, 0.2) is 217 Å². The summed E-state index contributed by atoms with van der Waals surface area (Å²) < 4.78 is 100. The average molecular weight is 1290 g/mol. The van der Waals surface area contributed by atoms with E-state index in [0.29, 0.717) is 11.1 Å². The highest BCUT2D eigenvalue weighted by Gasteiger charge is 2.60. The van der Waals surface area contributed by atoms with Crippen molar-refractivity contribution in [2.45, 2.75) is 145 Å². The molecule has 0 saturated carbocycles. The zero-order valence-electron chi connectivity index (χ0n) is 52.1. The number of carbonyl (C=O) groups is 3. The molecule has 0 unspecified atom stereocenters. The molecule has 94 heavy (non-hydrogen) atoms. The lowest BCUT2D eigenvalue weighted by atomic mass is 9.94. The summed E-state index contributed by atoms with van der Waals surface area (Å²) in [6, 6.07) is 65.0. The predicted molar refractivity (Wildman–Crippen MR) is 337 cm³/mol. The number of methoxy groups -OCH3 is 2. The second-order valence-corrected chi connectivity index (χ2v) is 22.4. The Morgan fingerprint density at radius 2 is 0.638 bits per heavy atom. The Morgan fingerprint density at radius 3 is 0.936 bits per heavy atom. The van der Waals surface area contributed by atoms with E-state index >= 15 is 0 Å². The molecule has 3 saturated heterocycles. The molecule has 0 spiro atoms. The molecule has 15 atom stereocenters. The number of esters is 2. The Kier molecular flexibility index (Phi) is 26.2. The summed E-state index contributed by atoms with van der Waals surface area (Å²) in [6.45, 7) is -0.276. The first-order valence-electron chi connectivity index (χ1n) is 31.0. The van der Waals surface area contributed by atoms with E-state index in [1.54, 1.807) is 0 Å². The molecule has 0 bridgehead atoms. The van der Waals surface area contributed by atoms with Crippen LogP contribution in [0.3, 0.4) is 0 Å². The molecule has 3 heterocycles. The second-order valence-electron chi connectivity index (χ2n) is 22.4. The maximum Gasteiger partial charge on any atom is 0.337 e. The van der Waals surface area contributed by atoms with Gasteiger partial charge in [-0.25, -0.2) is 14.4 Å². The molecule has 0 radical (unpaired) electrons. The van der Waals surface area contributed by atoms with Crippen molar-refractivity contribution >= 4 is 17.9 Å². The first-order chi connectivity index (χ1) is 46.2. The molecule has 1 N–H and O–H groups in total. The van der Waals surface area contributed by atoms with Gasteiger partial charge in [0, 0.05) is 18.1 Å². The minimum atomic E-state index is -1.83. The second kappa shape index (κ2) is 35.9. The predicted octanol–water partition coefficient (Wildman–Crippen LogP) is 10.2. The van der Waals surface area contributed by atoms with Gasteiger partial charge in [0.2, 0.25) is 0 Å². The SMILES string of the molecule is COC(=O)[C@H]1O[C@@H](O[C@H]2[C@H](OCc3ccccc3)[C@H](OCc3ccccc3)[C@H](OCCCN=[N+]=[N-])O[C@@H]2C(=O)OC)[C@@H](OCc2ccccc2)[C@@H](OCc2ccccc2)[C@@H]1O[C@@H]1O[C@H](C(=O)O)[C@@H](OCc2ccccc2)[C@H](OCc2ccccc2)[C@@H]1OCc1ccccc1. The summed E-state index contributed by atoms with van der Waals surface area (Å²) in [7, 11) is 2.36. The zero-order valence-corrected chi connectivity index (χ0v) is 52.1. The third kappa shape index (κ3) is 19.0. The Balaban J connectivity index is 1.09. The highest BCUT2D eigenvalue weighted by molar-refractivity contribution is 5.76. The maximum absolute atomic E-state index is 15.0. The fraction of sp³-hybridized carbons (Fsp3) is 0.375. The van der Waals surface area contributed by atoms with Crippen LogP contribution in [-0.4, -0.2) is 143 Å². The van der Waals surface area contributed by atoms with E-state index < -0.39 is 110 Å². The van der Waals surface area contributed by atoms with Gasteiger partial charge in [-0.2, -0.15) is 0 Å². The van der Waals surface area contributed by atoms with Gasteiger partial charge in [-0.3, -0.25) is 0 Å². The van der Waals surface area contributed by atoms with Gasteiger partial charge in [-0.05, 0) is 50.9 Å². The highest BCUT2D eigenvalue weighted by atomic mass is 16.8. The van der Waals surface area contributed by atoms with Crippen molar-refractivity contribution in [1.29, 1.82) is 0 Å². The number of carboxylic acid groups (broad SMARTS) is 1. The summed E-state index contributed by atoms with van der Waals surface area (Å²) in [5.74, 6) is -3.30. The summed E-state index contributed by atoms with van der Waals surface area (Å²) in [5.41, 5.74) is 14.3. The van der Waals surface area contributed by atoms with E-state index in [-0.39, 0.29) is 65.8 Å². The molecule has 22 nitrogen and oxygen atoms in total. The Hall–Kier alpha value is -8.26. The molecule has 3 fully saturated rings. The van der Waals surface area contributed by atoms with Crippen molar-refractivity contribution in [1.82, 2.24) is 0 Å². The fourth-order valence-electron chi connectivity index (χ4n) is 11.2. The number of hydrogen-bond acceptors (Lipinski definition) is 19. The molecule has 7 aromatic rings. The molecule has 0 amide bonds. The lowest BCUT2D eigenvalue weighted by Crippen LogP contribution is -2.69. The largest absolute Gasteiger partial charge is 0.479 e. The number of aliphatic carboxylic acids is 1. The molecular weight excluding hydrogens is 1210 g/mol. The van der Waals surface area contributed by atoms with E-state index in [1.165, 1.54) is 14.2 Å². The normalized spacial score (nSPS) is 25.9. The Labute approximate surface area is 545 Å². The Bertz CT molecular complexity index is 3420. The summed E-state index contributed by atoms with van der Waals surface area (Å²) in [5, 5.41) is 14.9. The molecule has 494 valence electrons. The first kappa shape index (κ1) is 68.6. The molecule has 0 aliphatic carbocycles. The van der Waals surface area contributed by atoms with Crippen molar-refractivity contribution in [3.8, 4) is 0 Å². The van der Waals surface area contributed by atoms with Crippen LogP contribution >= 0.6 is 0 Å². The number of carbonyl (C=O) groups excluding carboxylic acids is 2. The monoisotopic (exact) mass is 1290 g/mol. The van der Waals surface area contributed by atoms with Gasteiger partial charge in [0.05, 0.1) is 60.5 Å². The van der Waals surface area contributed by atoms with E-state index in [0.717, 1.165) is 27.8 Å². The van der Waals surface area contributed by atoms with Gasteiger partial charge in [-0.1, -0.05) is 217 Å². The van der Waals surface area contributed by atoms with Crippen molar-refractivity contribution < 1.29 is 90.5 Å². The third-order valence-electron chi connectivity index (χ3n) is 15.9. The van der Waals surface area contributed by atoms with Crippen LogP contribution in [0.2, 0.25) is 0 Å². The highest BCUT2D eigenvalue weighted by Crippen LogP contribution is 2.40. The number of ether oxygens (including phenoxy) is 15. The van der Waals surface area contributed by atoms with Crippen LogP contribution in [0.5, 0.6) is 0 Å². The molecular formula is C72H77N3O19. The average Bonchev–Trinajstić information content (AvgIpc) is 0.769. The smallest absolute Gasteiger partial charge is 0.337 e. The van der Waals surface area contributed by atoms with Crippen molar-refractivity contribution in [3.63, 3.8) is 0 Å². The van der Waals surface area contributed by atoms with E-state index in [4.69, 9.17) is 76.6 Å². The Morgan fingerprint density at radius 1 is 0.372 bits per heavy atom. The molecule has 3 aliphatic rings.